The number of hydrogen-bond donors (Lipinski definition) is 2. The molecule has 1 aromatic heterocycles. The summed E-state index contributed by atoms with van der Waals surface area (Å²) in [4.78, 5) is 23.0. The summed E-state index contributed by atoms with van der Waals surface area (Å²) < 4.78 is 5.32. The van der Waals surface area contributed by atoms with Crippen LogP contribution in [-0.2, 0) is 11.2 Å². The highest BCUT2D eigenvalue weighted by molar-refractivity contribution is 6.05. The summed E-state index contributed by atoms with van der Waals surface area (Å²) >= 11 is 0. The molecule has 1 heterocycles. The molecule has 5 nitrogen and oxygen atoms in total. The molecule has 0 aliphatic heterocycles. The lowest BCUT2D eigenvalue weighted by atomic mass is 10.0. The van der Waals surface area contributed by atoms with Crippen molar-refractivity contribution in [3.05, 3.63) is 58.4 Å². The van der Waals surface area contributed by atoms with Crippen molar-refractivity contribution in [3.63, 3.8) is 0 Å². The number of carbonyl (C=O) groups is 1. The minimum atomic E-state index is -0.535. The van der Waals surface area contributed by atoms with Crippen LogP contribution in [-0.4, -0.2) is 11.1 Å². The topological polar surface area (TPSA) is 79.5 Å². The molecule has 0 aliphatic carbocycles. The molecule has 2 N–H and O–H groups in total. The van der Waals surface area contributed by atoms with Gasteiger partial charge in [-0.25, -0.2) is 10.3 Å². The normalized spacial score (nSPS) is 10.9. The van der Waals surface area contributed by atoms with E-state index in [1.165, 1.54) is 0 Å². The summed E-state index contributed by atoms with van der Waals surface area (Å²) in [5.41, 5.74) is 2.04. The van der Waals surface area contributed by atoms with Gasteiger partial charge in [0, 0.05) is 17.4 Å². The van der Waals surface area contributed by atoms with Crippen LogP contribution < -0.4 is 11.1 Å². The van der Waals surface area contributed by atoms with Gasteiger partial charge in [0.1, 0.15) is 5.58 Å². The molecule has 2 aromatic carbocycles. The van der Waals surface area contributed by atoms with Crippen LogP contribution in [0.1, 0.15) is 12.0 Å². The number of amides is 1. The van der Waals surface area contributed by atoms with Gasteiger partial charge < -0.3 is 4.42 Å². The average molecular weight is 283 g/mol. The Balaban J connectivity index is 2.13. The first-order chi connectivity index (χ1) is 10.2. The second-order valence-corrected chi connectivity index (χ2v) is 4.79. The fourth-order valence-corrected chi connectivity index (χ4v) is 2.39. The van der Waals surface area contributed by atoms with E-state index >= 15 is 0 Å². The number of nitrogens with one attached hydrogen (secondary N) is 1. The van der Waals surface area contributed by atoms with Gasteiger partial charge in [-0.1, -0.05) is 30.3 Å². The summed E-state index contributed by atoms with van der Waals surface area (Å²) in [6.45, 7) is 0. The summed E-state index contributed by atoms with van der Waals surface area (Å²) in [5, 5.41) is 11.4. The average Bonchev–Trinajstić information content (AvgIpc) is 2.52. The number of hydroxylamine groups is 1. The second-order valence-electron chi connectivity index (χ2n) is 4.79. The molecule has 21 heavy (non-hydrogen) atoms. The molecule has 0 radical (unpaired) electrons. The van der Waals surface area contributed by atoms with E-state index in [2.05, 4.69) is 0 Å². The van der Waals surface area contributed by atoms with E-state index in [9.17, 15) is 9.59 Å². The fourth-order valence-electron chi connectivity index (χ4n) is 2.39. The van der Waals surface area contributed by atoms with Crippen molar-refractivity contribution in [1.82, 2.24) is 5.48 Å². The molecule has 3 rings (SSSR count). The molecule has 5 heteroatoms. The van der Waals surface area contributed by atoms with Crippen molar-refractivity contribution in [3.8, 4) is 0 Å². The largest absolute Gasteiger partial charge is 0.423 e. The number of carbonyl (C=O) groups excluding carboxylic acids is 1. The molecule has 0 bridgehead atoms. The van der Waals surface area contributed by atoms with Crippen molar-refractivity contribution in [1.29, 1.82) is 0 Å². The molecule has 0 atom stereocenters. The van der Waals surface area contributed by atoms with Crippen LogP contribution in [0.3, 0.4) is 0 Å². The maximum Gasteiger partial charge on any atom is 0.339 e. The standard InChI is InChI=1S/C16H13NO4/c18-15(17-20)8-6-11-9-13-12-4-2-1-3-10(12)5-7-14(13)21-16(11)19/h1-5,7,9,20H,6,8H2,(H,17,18). The quantitative estimate of drug-likeness (QED) is 0.335. The zero-order chi connectivity index (χ0) is 14.8. The number of aryl methyl sites for hydroxylation is 1. The minimum Gasteiger partial charge on any atom is -0.423 e. The van der Waals surface area contributed by atoms with Crippen LogP contribution in [0.4, 0.5) is 0 Å². The Labute approximate surface area is 119 Å². The molecule has 0 aliphatic rings. The Bertz CT molecular complexity index is 882. The summed E-state index contributed by atoms with van der Waals surface area (Å²) in [6, 6.07) is 13.2. The van der Waals surface area contributed by atoms with Crippen LogP contribution in [0.2, 0.25) is 0 Å². The maximum absolute atomic E-state index is 11.9. The molecule has 0 unspecified atom stereocenters. The van der Waals surface area contributed by atoms with Gasteiger partial charge in [-0.3, -0.25) is 10.0 Å². The molecule has 0 saturated heterocycles. The van der Waals surface area contributed by atoms with Gasteiger partial charge in [0.2, 0.25) is 5.91 Å². The summed E-state index contributed by atoms with van der Waals surface area (Å²) in [6.07, 6.45) is 0.241. The predicted molar refractivity (Wildman–Crippen MR) is 78.2 cm³/mol. The third-order valence-electron chi connectivity index (χ3n) is 3.46. The van der Waals surface area contributed by atoms with Gasteiger partial charge in [0.25, 0.3) is 0 Å². The van der Waals surface area contributed by atoms with E-state index in [4.69, 9.17) is 9.62 Å². The Morgan fingerprint density at radius 2 is 1.95 bits per heavy atom. The highest BCUT2D eigenvalue weighted by Crippen LogP contribution is 2.25. The first kappa shape index (κ1) is 13.3. The fraction of sp³-hybridized carbons (Fsp3) is 0.125. The Kier molecular flexibility index (Phi) is 3.41. The SMILES string of the molecule is O=C(CCc1cc2c(ccc3ccccc32)oc1=O)NO. The lowest BCUT2D eigenvalue weighted by molar-refractivity contribution is -0.129. The van der Waals surface area contributed by atoms with E-state index in [-0.39, 0.29) is 12.8 Å². The summed E-state index contributed by atoms with van der Waals surface area (Å²) in [7, 11) is 0. The molecule has 0 saturated carbocycles. The summed E-state index contributed by atoms with van der Waals surface area (Å²) in [5.74, 6) is -0.535. The first-order valence-electron chi connectivity index (χ1n) is 6.56. The van der Waals surface area contributed by atoms with Gasteiger partial charge in [0.15, 0.2) is 0 Å². The van der Waals surface area contributed by atoms with E-state index in [1.54, 1.807) is 17.6 Å². The van der Waals surface area contributed by atoms with Crippen LogP contribution in [0.15, 0.2) is 51.7 Å². The van der Waals surface area contributed by atoms with Gasteiger partial charge in [-0.15, -0.1) is 0 Å². The Morgan fingerprint density at radius 3 is 2.76 bits per heavy atom. The molecule has 0 spiro atoms. The second kappa shape index (κ2) is 5.38. The molecule has 3 aromatic rings. The highest BCUT2D eigenvalue weighted by Gasteiger charge is 2.09. The Morgan fingerprint density at radius 1 is 1.14 bits per heavy atom. The zero-order valence-electron chi connectivity index (χ0n) is 11.1. The first-order valence-corrected chi connectivity index (χ1v) is 6.56. The molecule has 0 fully saturated rings. The van der Waals surface area contributed by atoms with Crippen molar-refractivity contribution in [2.75, 3.05) is 0 Å². The smallest absolute Gasteiger partial charge is 0.339 e. The highest BCUT2D eigenvalue weighted by atomic mass is 16.5. The lowest BCUT2D eigenvalue weighted by Gasteiger charge is -2.05. The maximum atomic E-state index is 11.9. The number of rotatable bonds is 3. The van der Waals surface area contributed by atoms with Crippen LogP contribution in [0.5, 0.6) is 0 Å². The van der Waals surface area contributed by atoms with Gasteiger partial charge in [-0.05, 0) is 29.3 Å². The zero-order valence-corrected chi connectivity index (χ0v) is 11.1. The van der Waals surface area contributed by atoms with Crippen molar-refractivity contribution in [2.45, 2.75) is 12.8 Å². The molecular weight excluding hydrogens is 270 g/mol. The number of benzene rings is 2. The Hall–Kier alpha value is -2.66. The van der Waals surface area contributed by atoms with Gasteiger partial charge >= 0.3 is 5.63 Å². The molecule has 1 amide bonds. The number of hydrogen-bond acceptors (Lipinski definition) is 4. The van der Waals surface area contributed by atoms with E-state index in [0.29, 0.717) is 11.1 Å². The van der Waals surface area contributed by atoms with Crippen LogP contribution in [0.25, 0.3) is 21.7 Å². The third kappa shape index (κ3) is 2.51. The predicted octanol–water partition coefficient (Wildman–Crippen LogP) is 2.38. The van der Waals surface area contributed by atoms with Crippen LogP contribution in [0, 0.1) is 0 Å². The van der Waals surface area contributed by atoms with E-state index < -0.39 is 11.5 Å². The van der Waals surface area contributed by atoms with Gasteiger partial charge in [0.05, 0.1) is 0 Å². The van der Waals surface area contributed by atoms with Crippen LogP contribution >= 0.6 is 0 Å². The number of fused-ring (bicyclic) bond motifs is 3. The van der Waals surface area contributed by atoms with Crippen molar-refractivity contribution < 1.29 is 14.4 Å². The molecule has 106 valence electrons. The van der Waals surface area contributed by atoms with Crippen molar-refractivity contribution in [2.24, 2.45) is 0 Å². The lowest BCUT2D eigenvalue weighted by Crippen LogP contribution is -2.20. The minimum absolute atomic E-state index is 0.0253. The third-order valence-corrected chi connectivity index (χ3v) is 3.46. The van der Waals surface area contributed by atoms with E-state index in [0.717, 1.165) is 16.2 Å². The molecular formula is C16H13NO4. The monoisotopic (exact) mass is 283 g/mol. The van der Waals surface area contributed by atoms with E-state index in [1.807, 2.05) is 30.3 Å². The van der Waals surface area contributed by atoms with Crippen molar-refractivity contribution >= 4 is 27.6 Å². The van der Waals surface area contributed by atoms with Gasteiger partial charge in [-0.2, -0.15) is 0 Å².